The first kappa shape index (κ1) is 26.3. The van der Waals surface area contributed by atoms with Crippen LogP contribution in [0.4, 0.5) is 10.9 Å². The van der Waals surface area contributed by atoms with Gasteiger partial charge in [0.2, 0.25) is 0 Å². The van der Waals surface area contributed by atoms with E-state index < -0.39 is 0 Å². The average molecular weight is 534 g/mol. The van der Waals surface area contributed by atoms with E-state index in [1.807, 2.05) is 54.7 Å². The van der Waals surface area contributed by atoms with E-state index in [0.717, 1.165) is 20.7 Å². The molecule has 0 aliphatic heterocycles. The monoisotopic (exact) mass is 532 g/mol. The third-order valence-corrected chi connectivity index (χ3v) is 7.20. The van der Waals surface area contributed by atoms with Gasteiger partial charge >= 0.3 is 0 Å². The van der Waals surface area contributed by atoms with E-state index in [9.17, 15) is 0 Å². The van der Waals surface area contributed by atoms with Crippen molar-refractivity contribution in [2.75, 3.05) is 5.32 Å². The number of nitrogens with one attached hydrogen (secondary N) is 1. The van der Waals surface area contributed by atoms with Gasteiger partial charge in [0.15, 0.2) is 16.7 Å². The molecule has 178 valence electrons. The van der Waals surface area contributed by atoms with Crippen molar-refractivity contribution in [1.82, 2.24) is 15.0 Å². The molecule has 4 aromatic rings. The Morgan fingerprint density at radius 3 is 2.47 bits per heavy atom. The van der Waals surface area contributed by atoms with Gasteiger partial charge in [0.05, 0.1) is 5.69 Å². The van der Waals surface area contributed by atoms with Crippen molar-refractivity contribution in [2.24, 2.45) is 0 Å². The highest BCUT2D eigenvalue weighted by Crippen LogP contribution is 2.38. The molecule has 0 spiro atoms. The van der Waals surface area contributed by atoms with Crippen molar-refractivity contribution in [2.45, 2.75) is 47.8 Å². The molecule has 1 saturated carbocycles. The van der Waals surface area contributed by atoms with Crippen molar-refractivity contribution in [1.29, 1.82) is 0 Å². The molecule has 9 heteroatoms. The summed E-state index contributed by atoms with van der Waals surface area (Å²) in [5, 5.41) is 6.43. The summed E-state index contributed by atoms with van der Waals surface area (Å²) in [6.07, 6.45) is 11.9. The third-order valence-electron chi connectivity index (χ3n) is 5.45. The molecule has 0 bridgehead atoms. The maximum Gasteiger partial charge on any atom is 0.188 e. The average Bonchev–Trinajstić information content (AvgIpc) is 3.31. The standard InChI is InChI=1S/C25H24N4OS2.2ClH/c1-3-7-18(8-4-1)22-17-31-25(28-22)29-24-23(30-19-9-5-2-6-10-19)15-21(16-27-24)32-20-11-13-26-14-12-20;;/h2,5-6,9-18H,1,3-4,7-8H2,(H,27,28,29);2*1H. The zero-order valence-electron chi connectivity index (χ0n) is 18.4. The van der Waals surface area contributed by atoms with Crippen LogP contribution in [0.25, 0.3) is 0 Å². The summed E-state index contributed by atoms with van der Waals surface area (Å²) in [6, 6.07) is 15.8. The molecule has 5 rings (SSSR count). The number of anilines is 2. The first-order valence-corrected chi connectivity index (χ1v) is 12.6. The predicted octanol–water partition coefficient (Wildman–Crippen LogP) is 8.51. The first-order valence-electron chi connectivity index (χ1n) is 10.9. The van der Waals surface area contributed by atoms with E-state index in [1.165, 1.54) is 37.8 Å². The lowest BCUT2D eigenvalue weighted by Gasteiger charge is -2.19. The summed E-state index contributed by atoms with van der Waals surface area (Å²) in [5.41, 5.74) is 1.20. The Bertz CT molecular complexity index is 1160. The van der Waals surface area contributed by atoms with Crippen LogP contribution in [0.5, 0.6) is 11.5 Å². The zero-order valence-corrected chi connectivity index (χ0v) is 21.7. The van der Waals surface area contributed by atoms with E-state index in [4.69, 9.17) is 9.72 Å². The summed E-state index contributed by atoms with van der Waals surface area (Å²) < 4.78 is 6.21. The highest BCUT2D eigenvalue weighted by molar-refractivity contribution is 7.99. The summed E-state index contributed by atoms with van der Waals surface area (Å²) in [6.45, 7) is 0. The van der Waals surface area contributed by atoms with Crippen molar-refractivity contribution >= 4 is 58.9 Å². The van der Waals surface area contributed by atoms with Crippen LogP contribution in [0.1, 0.15) is 43.7 Å². The molecule has 0 unspecified atom stereocenters. The number of para-hydroxylation sites is 1. The fourth-order valence-electron chi connectivity index (χ4n) is 3.84. The lowest BCUT2D eigenvalue weighted by molar-refractivity contribution is 0.438. The molecule has 0 atom stereocenters. The van der Waals surface area contributed by atoms with Crippen molar-refractivity contribution < 1.29 is 4.74 Å². The smallest absolute Gasteiger partial charge is 0.188 e. The van der Waals surface area contributed by atoms with Gasteiger partial charge in [-0.1, -0.05) is 49.2 Å². The van der Waals surface area contributed by atoms with Crippen LogP contribution in [0.3, 0.4) is 0 Å². The van der Waals surface area contributed by atoms with Gasteiger partial charge in [-0.15, -0.1) is 36.2 Å². The minimum absolute atomic E-state index is 0. The normalized spacial score (nSPS) is 13.4. The molecule has 1 aromatic carbocycles. The number of rotatable bonds is 7. The van der Waals surface area contributed by atoms with Crippen LogP contribution in [0, 0.1) is 0 Å². The predicted molar refractivity (Wildman–Crippen MR) is 145 cm³/mol. The quantitative estimate of drug-likeness (QED) is 0.257. The Kier molecular flexibility index (Phi) is 10.0. The Morgan fingerprint density at radius 2 is 1.71 bits per heavy atom. The molecular formula is C25H26Cl2N4OS2. The molecule has 0 radical (unpaired) electrons. The second kappa shape index (κ2) is 13.0. The number of hydrogen-bond donors (Lipinski definition) is 1. The lowest BCUT2D eigenvalue weighted by atomic mass is 9.87. The number of thiazole rings is 1. The van der Waals surface area contributed by atoms with Gasteiger partial charge < -0.3 is 10.1 Å². The topological polar surface area (TPSA) is 59.9 Å². The van der Waals surface area contributed by atoms with Crippen molar-refractivity contribution in [3.63, 3.8) is 0 Å². The molecule has 0 saturated heterocycles. The molecular weight excluding hydrogens is 507 g/mol. The molecule has 1 fully saturated rings. The van der Waals surface area contributed by atoms with Gasteiger partial charge in [0, 0.05) is 45.7 Å². The Labute approximate surface area is 220 Å². The van der Waals surface area contributed by atoms with Gasteiger partial charge in [-0.05, 0) is 37.1 Å². The van der Waals surface area contributed by atoms with Crippen LogP contribution >= 0.6 is 47.9 Å². The van der Waals surface area contributed by atoms with E-state index >= 15 is 0 Å². The molecule has 0 amide bonds. The molecule has 5 nitrogen and oxygen atoms in total. The van der Waals surface area contributed by atoms with Crippen LogP contribution in [0.2, 0.25) is 0 Å². The number of pyridine rings is 2. The van der Waals surface area contributed by atoms with E-state index in [1.54, 1.807) is 35.5 Å². The zero-order chi connectivity index (χ0) is 21.6. The number of benzene rings is 1. The number of ether oxygens (including phenoxy) is 1. The maximum atomic E-state index is 6.21. The molecule has 1 aliphatic carbocycles. The summed E-state index contributed by atoms with van der Waals surface area (Å²) in [7, 11) is 0. The minimum atomic E-state index is 0. The lowest BCUT2D eigenvalue weighted by Crippen LogP contribution is -2.05. The molecule has 1 aliphatic rings. The fraction of sp³-hybridized carbons (Fsp3) is 0.240. The van der Waals surface area contributed by atoms with Crippen molar-refractivity contribution in [3.8, 4) is 11.5 Å². The third kappa shape index (κ3) is 6.85. The first-order chi connectivity index (χ1) is 15.8. The second-order valence-electron chi connectivity index (χ2n) is 7.76. The number of nitrogens with zero attached hydrogens (tertiary/aromatic N) is 3. The Hall–Kier alpha value is -2.32. The Morgan fingerprint density at radius 1 is 0.941 bits per heavy atom. The van der Waals surface area contributed by atoms with Gasteiger partial charge in [-0.25, -0.2) is 9.97 Å². The van der Waals surface area contributed by atoms with Crippen LogP contribution < -0.4 is 10.1 Å². The van der Waals surface area contributed by atoms with Crippen LogP contribution in [0.15, 0.2) is 82.3 Å². The van der Waals surface area contributed by atoms with Gasteiger partial charge in [-0.3, -0.25) is 4.98 Å². The SMILES string of the molecule is Cl.Cl.c1ccc(Oc2cc(Sc3ccncc3)cnc2Nc2nc(C3CCCCC3)cs2)cc1. The highest BCUT2D eigenvalue weighted by atomic mass is 35.5. The molecule has 3 aromatic heterocycles. The number of hydrogen-bond acceptors (Lipinski definition) is 7. The van der Waals surface area contributed by atoms with Crippen molar-refractivity contribution in [3.05, 3.63) is 78.2 Å². The molecule has 1 N–H and O–H groups in total. The fourth-order valence-corrected chi connectivity index (χ4v) is 5.44. The largest absolute Gasteiger partial charge is 0.453 e. The Balaban J connectivity index is 0.00000162. The van der Waals surface area contributed by atoms with Crippen LogP contribution in [-0.2, 0) is 0 Å². The number of aromatic nitrogens is 3. The minimum Gasteiger partial charge on any atom is -0.453 e. The summed E-state index contributed by atoms with van der Waals surface area (Å²) in [4.78, 5) is 15.7. The summed E-state index contributed by atoms with van der Waals surface area (Å²) >= 11 is 3.26. The van der Waals surface area contributed by atoms with Gasteiger partial charge in [-0.2, -0.15) is 0 Å². The summed E-state index contributed by atoms with van der Waals surface area (Å²) in [5.74, 6) is 2.69. The second-order valence-corrected chi connectivity index (χ2v) is 9.76. The highest BCUT2D eigenvalue weighted by Gasteiger charge is 2.19. The van der Waals surface area contributed by atoms with Gasteiger partial charge in [0.1, 0.15) is 5.75 Å². The van der Waals surface area contributed by atoms with E-state index in [2.05, 4.69) is 20.7 Å². The van der Waals surface area contributed by atoms with Crippen LogP contribution in [-0.4, -0.2) is 15.0 Å². The number of halogens is 2. The van der Waals surface area contributed by atoms with E-state index in [-0.39, 0.29) is 24.8 Å². The van der Waals surface area contributed by atoms with Gasteiger partial charge in [0.25, 0.3) is 0 Å². The van der Waals surface area contributed by atoms with E-state index in [0.29, 0.717) is 17.5 Å². The molecule has 3 heterocycles. The molecule has 34 heavy (non-hydrogen) atoms. The maximum absolute atomic E-state index is 6.21.